The van der Waals surface area contributed by atoms with E-state index in [2.05, 4.69) is 36.8 Å². The molecule has 4 rings (SSSR count). The maximum atomic E-state index is 14.1. The van der Waals surface area contributed by atoms with E-state index < -0.39 is 18.2 Å². The number of halogens is 1. The first-order valence-electron chi connectivity index (χ1n) is 10.1. The van der Waals surface area contributed by atoms with Gasteiger partial charge in [0.15, 0.2) is 11.5 Å². The van der Waals surface area contributed by atoms with Gasteiger partial charge in [0.05, 0.1) is 18.4 Å². The molecule has 1 aliphatic rings. The monoisotopic (exact) mass is 452 g/mol. The molecule has 1 saturated heterocycles. The number of aromatic nitrogens is 5. The molecule has 0 unspecified atom stereocenters. The Morgan fingerprint density at radius 1 is 1.39 bits per heavy atom. The van der Waals surface area contributed by atoms with Crippen LogP contribution in [0.25, 0.3) is 11.4 Å². The number of aryl methyl sites for hydroxylation is 1. The molecule has 0 saturated carbocycles. The Labute approximate surface area is 188 Å². The van der Waals surface area contributed by atoms with Crippen LogP contribution in [0.15, 0.2) is 30.7 Å². The van der Waals surface area contributed by atoms with E-state index in [4.69, 9.17) is 9.47 Å². The Kier molecular flexibility index (Phi) is 6.41. The van der Waals surface area contributed by atoms with Gasteiger partial charge in [-0.25, -0.2) is 19.2 Å². The molecule has 0 amide bonds. The van der Waals surface area contributed by atoms with Crippen LogP contribution in [0, 0.1) is 11.3 Å². The molecule has 0 spiro atoms. The number of anilines is 2. The van der Waals surface area contributed by atoms with E-state index in [0.29, 0.717) is 35.8 Å². The van der Waals surface area contributed by atoms with Gasteiger partial charge in [0, 0.05) is 25.4 Å². The van der Waals surface area contributed by atoms with Gasteiger partial charge in [-0.05, 0) is 31.2 Å². The summed E-state index contributed by atoms with van der Waals surface area (Å²) in [6.45, 7) is 0.875. The zero-order valence-electron chi connectivity index (χ0n) is 17.9. The van der Waals surface area contributed by atoms with Crippen molar-refractivity contribution in [2.24, 2.45) is 7.05 Å². The Balaban J connectivity index is 1.57. The third kappa shape index (κ3) is 4.88. The molecule has 2 aromatic heterocycles. The smallest absolute Gasteiger partial charge is 0.360 e. The highest BCUT2D eigenvalue weighted by molar-refractivity contribution is 5.94. The molecular formula is C21H21FN8O3. The van der Waals surface area contributed by atoms with Crippen LogP contribution >= 0.6 is 0 Å². The SMILES string of the molecule is COC(=O)c1nn(C)cc1Nc1ncnc(-c2ccc(O[C@H]3CCNC[C@@H]3F)c(C#N)c2)n1. The van der Waals surface area contributed by atoms with Crippen LogP contribution in [0.3, 0.4) is 0 Å². The van der Waals surface area contributed by atoms with Gasteiger partial charge in [0.1, 0.15) is 30.4 Å². The standard InChI is InChI=1S/C21H21FN8O3/c1-30-10-15(18(29-30)20(31)32-2)27-21-26-11-25-19(28-21)12-3-4-16(13(7-12)8-23)33-17-5-6-24-9-14(17)22/h3-4,7,10-11,14,17,24H,5-6,9H2,1-2H3,(H,25,26,27,28)/t14-,17-/m0/s1. The average Bonchev–Trinajstić information content (AvgIpc) is 3.20. The summed E-state index contributed by atoms with van der Waals surface area (Å²) < 4.78 is 26.1. The summed E-state index contributed by atoms with van der Waals surface area (Å²) in [6, 6.07) is 6.95. The van der Waals surface area contributed by atoms with Gasteiger partial charge < -0.3 is 20.1 Å². The number of hydrogen-bond donors (Lipinski definition) is 2. The molecule has 3 heterocycles. The summed E-state index contributed by atoms with van der Waals surface area (Å²) in [7, 11) is 2.93. The maximum absolute atomic E-state index is 14.1. The third-order valence-corrected chi connectivity index (χ3v) is 5.01. The Hall–Kier alpha value is -4.11. The molecule has 170 valence electrons. The molecule has 12 heteroatoms. The average molecular weight is 452 g/mol. The van der Waals surface area contributed by atoms with Crippen LogP contribution in [-0.4, -0.2) is 63.2 Å². The van der Waals surface area contributed by atoms with E-state index >= 15 is 0 Å². The van der Waals surface area contributed by atoms with Crippen molar-refractivity contribution >= 4 is 17.6 Å². The number of nitrogens with one attached hydrogen (secondary N) is 2. The summed E-state index contributed by atoms with van der Waals surface area (Å²) in [5, 5.41) is 19.6. The lowest BCUT2D eigenvalue weighted by Gasteiger charge is -2.27. The van der Waals surface area contributed by atoms with E-state index in [1.807, 2.05) is 0 Å². The number of carbonyl (C=O) groups excluding carboxylic acids is 1. The van der Waals surface area contributed by atoms with Gasteiger partial charge in [-0.15, -0.1) is 0 Å². The molecule has 1 aromatic carbocycles. The fourth-order valence-electron chi connectivity index (χ4n) is 3.40. The predicted octanol–water partition coefficient (Wildman–Crippen LogP) is 1.75. The third-order valence-electron chi connectivity index (χ3n) is 5.01. The van der Waals surface area contributed by atoms with Crippen LogP contribution in [0.5, 0.6) is 5.75 Å². The minimum absolute atomic E-state index is 0.0827. The molecule has 3 aromatic rings. The number of hydrogen-bond acceptors (Lipinski definition) is 10. The van der Waals surface area contributed by atoms with Crippen LogP contribution in [0.2, 0.25) is 0 Å². The van der Waals surface area contributed by atoms with Crippen LogP contribution in [0.4, 0.5) is 16.0 Å². The fraction of sp³-hybridized carbons (Fsp3) is 0.333. The molecule has 2 N–H and O–H groups in total. The minimum Gasteiger partial charge on any atom is -0.486 e. The van der Waals surface area contributed by atoms with E-state index in [9.17, 15) is 14.4 Å². The molecule has 0 bridgehead atoms. The van der Waals surface area contributed by atoms with Crippen molar-refractivity contribution in [3.8, 4) is 23.2 Å². The molecule has 2 atom stereocenters. The highest BCUT2D eigenvalue weighted by Crippen LogP contribution is 2.27. The van der Waals surface area contributed by atoms with Gasteiger partial charge in [-0.1, -0.05) is 0 Å². The first-order valence-corrected chi connectivity index (χ1v) is 10.1. The quantitative estimate of drug-likeness (QED) is 0.532. The van der Waals surface area contributed by atoms with Crippen LogP contribution in [-0.2, 0) is 11.8 Å². The van der Waals surface area contributed by atoms with Crippen molar-refractivity contribution in [2.45, 2.75) is 18.7 Å². The van der Waals surface area contributed by atoms with Crippen LogP contribution in [0.1, 0.15) is 22.5 Å². The number of methoxy groups -OCH3 is 1. The summed E-state index contributed by atoms with van der Waals surface area (Å²) in [6.07, 6.45) is 1.65. The molecule has 0 radical (unpaired) electrons. The molecular weight excluding hydrogens is 431 g/mol. The minimum atomic E-state index is -1.15. The number of nitriles is 1. The summed E-state index contributed by atoms with van der Waals surface area (Å²) in [5.74, 6) is 0.170. The second-order valence-electron chi connectivity index (χ2n) is 7.30. The van der Waals surface area contributed by atoms with Gasteiger partial charge in [-0.2, -0.15) is 15.3 Å². The number of ether oxygens (including phenoxy) is 2. The van der Waals surface area contributed by atoms with E-state index in [1.54, 1.807) is 31.4 Å². The van der Waals surface area contributed by atoms with Crippen molar-refractivity contribution in [3.05, 3.63) is 42.0 Å². The number of piperidine rings is 1. The highest BCUT2D eigenvalue weighted by Gasteiger charge is 2.27. The van der Waals surface area contributed by atoms with Crippen molar-refractivity contribution in [2.75, 3.05) is 25.5 Å². The van der Waals surface area contributed by atoms with E-state index in [0.717, 1.165) is 0 Å². The lowest BCUT2D eigenvalue weighted by atomic mass is 10.1. The normalized spacial score (nSPS) is 17.8. The Morgan fingerprint density at radius 3 is 3.00 bits per heavy atom. The second-order valence-corrected chi connectivity index (χ2v) is 7.30. The first-order chi connectivity index (χ1) is 16.0. The van der Waals surface area contributed by atoms with Crippen LogP contribution < -0.4 is 15.4 Å². The van der Waals surface area contributed by atoms with Gasteiger partial charge >= 0.3 is 5.97 Å². The lowest BCUT2D eigenvalue weighted by molar-refractivity contribution is 0.0594. The lowest BCUT2D eigenvalue weighted by Crippen LogP contribution is -2.44. The Bertz CT molecular complexity index is 1210. The predicted molar refractivity (Wildman–Crippen MR) is 115 cm³/mol. The number of carbonyl (C=O) groups is 1. The van der Waals surface area contributed by atoms with Gasteiger partial charge in [-0.3, -0.25) is 4.68 Å². The maximum Gasteiger partial charge on any atom is 0.360 e. The highest BCUT2D eigenvalue weighted by atomic mass is 19.1. The molecule has 1 aliphatic heterocycles. The number of alkyl halides is 1. The van der Waals surface area contributed by atoms with Crippen molar-refractivity contribution < 1.29 is 18.7 Å². The van der Waals surface area contributed by atoms with Gasteiger partial charge in [0.2, 0.25) is 5.95 Å². The second kappa shape index (κ2) is 9.58. The van der Waals surface area contributed by atoms with E-state index in [-0.39, 0.29) is 23.8 Å². The van der Waals surface area contributed by atoms with E-state index in [1.165, 1.54) is 18.1 Å². The largest absolute Gasteiger partial charge is 0.486 e. The molecule has 0 aliphatic carbocycles. The summed E-state index contributed by atoms with van der Waals surface area (Å²) in [5.41, 5.74) is 1.24. The summed E-state index contributed by atoms with van der Waals surface area (Å²) >= 11 is 0. The number of esters is 1. The van der Waals surface area contributed by atoms with Crippen molar-refractivity contribution in [1.29, 1.82) is 5.26 Å². The zero-order valence-corrected chi connectivity index (χ0v) is 17.9. The molecule has 33 heavy (non-hydrogen) atoms. The fourth-order valence-corrected chi connectivity index (χ4v) is 3.40. The topological polar surface area (TPSA) is 140 Å². The molecule has 11 nitrogen and oxygen atoms in total. The first kappa shape index (κ1) is 22.1. The van der Waals surface area contributed by atoms with Gasteiger partial charge in [0.25, 0.3) is 0 Å². The summed E-state index contributed by atoms with van der Waals surface area (Å²) in [4.78, 5) is 24.5. The van der Waals surface area contributed by atoms with Crippen molar-refractivity contribution in [1.82, 2.24) is 30.0 Å². The number of benzene rings is 1. The number of rotatable bonds is 6. The Morgan fingerprint density at radius 2 is 2.24 bits per heavy atom. The zero-order chi connectivity index (χ0) is 23.4. The van der Waals surface area contributed by atoms with Crippen molar-refractivity contribution in [3.63, 3.8) is 0 Å². The molecule has 1 fully saturated rings. The number of nitrogens with zero attached hydrogens (tertiary/aromatic N) is 6.